The van der Waals surface area contributed by atoms with E-state index in [4.69, 9.17) is 4.74 Å². The second-order valence-corrected chi connectivity index (χ2v) is 3.85. The van der Waals surface area contributed by atoms with E-state index in [0.29, 0.717) is 0 Å². The van der Waals surface area contributed by atoms with Crippen molar-refractivity contribution < 1.29 is 4.74 Å². The lowest BCUT2D eigenvalue weighted by Gasteiger charge is -2.27. The molecular formula is C12H22N2O. The number of ether oxygens (including phenoxy) is 1. The van der Waals surface area contributed by atoms with Crippen LogP contribution in [0.4, 0.5) is 0 Å². The lowest BCUT2D eigenvalue weighted by atomic mass is 10.2. The molecule has 1 heterocycles. The van der Waals surface area contributed by atoms with Crippen molar-refractivity contribution in [3.05, 3.63) is 23.5 Å². The fraction of sp³-hybridized carbons (Fsp3) is 0.667. The van der Waals surface area contributed by atoms with E-state index in [1.807, 2.05) is 6.92 Å². The van der Waals surface area contributed by atoms with Crippen LogP contribution in [0, 0.1) is 0 Å². The molecule has 1 aliphatic heterocycles. The highest BCUT2D eigenvalue weighted by Gasteiger charge is 2.09. The third-order valence-corrected chi connectivity index (χ3v) is 2.70. The van der Waals surface area contributed by atoms with Crippen molar-refractivity contribution in [2.24, 2.45) is 0 Å². The molecule has 1 aliphatic rings. The summed E-state index contributed by atoms with van der Waals surface area (Å²) in [6.45, 7) is 9.57. The van der Waals surface area contributed by atoms with Crippen LogP contribution in [0.5, 0.6) is 0 Å². The molecule has 1 N–H and O–H groups in total. The highest BCUT2D eigenvalue weighted by molar-refractivity contribution is 5.21. The first-order valence-electron chi connectivity index (χ1n) is 5.57. The standard InChI is InChI=1S/C12H22N2O/c1-4-12(9-11(2)15-3)10-14-7-5-13-6-8-14/h4,9,13H,5-8,10H2,1-3H3/b11-9+,12-4+. The molecule has 3 heteroatoms. The first-order valence-corrected chi connectivity index (χ1v) is 5.57. The summed E-state index contributed by atoms with van der Waals surface area (Å²) < 4.78 is 5.16. The van der Waals surface area contributed by atoms with Gasteiger partial charge in [0.25, 0.3) is 0 Å². The average Bonchev–Trinajstić information content (AvgIpc) is 2.29. The SMILES string of the molecule is C/C=C(\C=C(/C)OC)CN1CCNCC1. The van der Waals surface area contributed by atoms with Gasteiger partial charge in [0.15, 0.2) is 0 Å². The summed E-state index contributed by atoms with van der Waals surface area (Å²) in [4.78, 5) is 2.46. The van der Waals surface area contributed by atoms with E-state index in [1.165, 1.54) is 5.57 Å². The van der Waals surface area contributed by atoms with Crippen molar-refractivity contribution in [1.82, 2.24) is 10.2 Å². The molecule has 0 aliphatic carbocycles. The molecule has 0 bridgehead atoms. The van der Waals surface area contributed by atoms with E-state index in [0.717, 1.165) is 38.5 Å². The predicted octanol–water partition coefficient (Wildman–Crippen LogP) is 1.39. The Bertz CT molecular complexity index is 240. The third-order valence-electron chi connectivity index (χ3n) is 2.70. The minimum atomic E-state index is 0.971. The summed E-state index contributed by atoms with van der Waals surface area (Å²) in [5, 5.41) is 3.36. The van der Waals surface area contributed by atoms with Gasteiger partial charge in [0.2, 0.25) is 0 Å². The summed E-state index contributed by atoms with van der Waals surface area (Å²) in [7, 11) is 1.71. The normalized spacial score (nSPS) is 20.5. The lowest BCUT2D eigenvalue weighted by Crippen LogP contribution is -2.44. The highest BCUT2D eigenvalue weighted by Crippen LogP contribution is 2.06. The Morgan fingerprint density at radius 1 is 1.40 bits per heavy atom. The highest BCUT2D eigenvalue weighted by atomic mass is 16.5. The molecule has 86 valence electrons. The summed E-state index contributed by atoms with van der Waals surface area (Å²) in [5.41, 5.74) is 1.33. The quantitative estimate of drug-likeness (QED) is 0.560. The molecular weight excluding hydrogens is 188 g/mol. The van der Waals surface area contributed by atoms with E-state index < -0.39 is 0 Å². The van der Waals surface area contributed by atoms with E-state index in [9.17, 15) is 0 Å². The van der Waals surface area contributed by atoms with Crippen molar-refractivity contribution in [1.29, 1.82) is 0 Å². The summed E-state index contributed by atoms with van der Waals surface area (Å²) >= 11 is 0. The second kappa shape index (κ2) is 6.64. The smallest absolute Gasteiger partial charge is 0.0927 e. The van der Waals surface area contributed by atoms with Gasteiger partial charge in [0.05, 0.1) is 12.9 Å². The van der Waals surface area contributed by atoms with E-state index >= 15 is 0 Å². The number of nitrogens with one attached hydrogen (secondary N) is 1. The van der Waals surface area contributed by atoms with Gasteiger partial charge in [-0.05, 0) is 25.5 Å². The van der Waals surface area contributed by atoms with Crippen LogP contribution in [0.2, 0.25) is 0 Å². The first kappa shape index (κ1) is 12.3. The maximum absolute atomic E-state index is 5.16. The lowest BCUT2D eigenvalue weighted by molar-refractivity contribution is 0.259. The zero-order chi connectivity index (χ0) is 11.1. The zero-order valence-corrected chi connectivity index (χ0v) is 10.0. The Kier molecular flexibility index (Phi) is 5.43. The average molecular weight is 210 g/mol. The fourth-order valence-corrected chi connectivity index (χ4v) is 1.67. The Labute approximate surface area is 92.8 Å². The number of rotatable bonds is 4. The number of hydrogen-bond donors (Lipinski definition) is 1. The predicted molar refractivity (Wildman–Crippen MR) is 63.8 cm³/mol. The Balaban J connectivity index is 2.46. The van der Waals surface area contributed by atoms with Gasteiger partial charge in [-0.2, -0.15) is 0 Å². The molecule has 0 radical (unpaired) electrons. The van der Waals surface area contributed by atoms with Crippen LogP contribution >= 0.6 is 0 Å². The minimum Gasteiger partial charge on any atom is -0.501 e. The zero-order valence-electron chi connectivity index (χ0n) is 10.0. The third kappa shape index (κ3) is 4.49. The van der Waals surface area contributed by atoms with Crippen molar-refractivity contribution in [3.63, 3.8) is 0 Å². The Hall–Kier alpha value is -0.800. The van der Waals surface area contributed by atoms with Crippen LogP contribution in [0.15, 0.2) is 23.5 Å². The monoisotopic (exact) mass is 210 g/mol. The first-order chi connectivity index (χ1) is 7.26. The van der Waals surface area contributed by atoms with E-state index in [1.54, 1.807) is 7.11 Å². The van der Waals surface area contributed by atoms with Crippen molar-refractivity contribution >= 4 is 0 Å². The molecule has 0 unspecified atom stereocenters. The van der Waals surface area contributed by atoms with Gasteiger partial charge in [-0.3, -0.25) is 4.90 Å². The maximum atomic E-state index is 5.16. The molecule has 0 saturated carbocycles. The van der Waals surface area contributed by atoms with Crippen LogP contribution in [-0.4, -0.2) is 44.7 Å². The van der Waals surface area contributed by atoms with E-state index in [2.05, 4.69) is 29.3 Å². The van der Waals surface area contributed by atoms with Gasteiger partial charge in [-0.15, -0.1) is 0 Å². The topological polar surface area (TPSA) is 24.5 Å². The van der Waals surface area contributed by atoms with Gasteiger partial charge < -0.3 is 10.1 Å². The van der Waals surface area contributed by atoms with Gasteiger partial charge >= 0.3 is 0 Å². The number of allylic oxidation sites excluding steroid dienone is 2. The molecule has 1 fully saturated rings. The summed E-state index contributed by atoms with van der Waals surface area (Å²) in [5.74, 6) is 0.971. The van der Waals surface area contributed by atoms with Gasteiger partial charge in [-0.1, -0.05) is 6.08 Å². The number of methoxy groups -OCH3 is 1. The molecule has 0 aromatic rings. The molecule has 0 aromatic carbocycles. The van der Waals surface area contributed by atoms with Gasteiger partial charge in [0.1, 0.15) is 0 Å². The van der Waals surface area contributed by atoms with E-state index in [-0.39, 0.29) is 0 Å². The minimum absolute atomic E-state index is 0.971. The van der Waals surface area contributed by atoms with Crippen LogP contribution in [0.3, 0.4) is 0 Å². The van der Waals surface area contributed by atoms with Crippen molar-refractivity contribution in [3.8, 4) is 0 Å². The summed E-state index contributed by atoms with van der Waals surface area (Å²) in [6.07, 6.45) is 4.27. The largest absolute Gasteiger partial charge is 0.501 e. The molecule has 0 spiro atoms. The molecule has 0 atom stereocenters. The molecule has 3 nitrogen and oxygen atoms in total. The van der Waals surface area contributed by atoms with Crippen LogP contribution < -0.4 is 5.32 Å². The maximum Gasteiger partial charge on any atom is 0.0927 e. The van der Waals surface area contributed by atoms with Gasteiger partial charge in [-0.25, -0.2) is 0 Å². The van der Waals surface area contributed by atoms with Crippen LogP contribution in [0.1, 0.15) is 13.8 Å². The number of hydrogen-bond acceptors (Lipinski definition) is 3. The van der Waals surface area contributed by atoms with Crippen molar-refractivity contribution in [2.75, 3.05) is 39.8 Å². The van der Waals surface area contributed by atoms with Crippen molar-refractivity contribution in [2.45, 2.75) is 13.8 Å². The molecule has 0 aromatic heterocycles. The molecule has 15 heavy (non-hydrogen) atoms. The Morgan fingerprint density at radius 3 is 2.60 bits per heavy atom. The molecule has 0 amide bonds. The molecule has 1 rings (SSSR count). The van der Waals surface area contributed by atoms with Crippen LogP contribution in [0.25, 0.3) is 0 Å². The summed E-state index contributed by atoms with van der Waals surface area (Å²) in [6, 6.07) is 0. The second-order valence-electron chi connectivity index (χ2n) is 3.85. The Morgan fingerprint density at radius 2 is 2.07 bits per heavy atom. The number of nitrogens with zero attached hydrogens (tertiary/aromatic N) is 1. The van der Waals surface area contributed by atoms with Crippen LogP contribution in [-0.2, 0) is 4.74 Å². The van der Waals surface area contributed by atoms with Gasteiger partial charge in [0, 0.05) is 32.7 Å². The molecule has 1 saturated heterocycles. The number of piperazine rings is 1. The fourth-order valence-electron chi connectivity index (χ4n) is 1.67.